The molecule has 4 atom stereocenters. The highest BCUT2D eigenvalue weighted by atomic mass is 16.6. The van der Waals surface area contributed by atoms with Crippen LogP contribution in [0.5, 0.6) is 0 Å². The van der Waals surface area contributed by atoms with Crippen molar-refractivity contribution in [2.24, 2.45) is 11.8 Å². The molecule has 0 rings (SSSR count). The van der Waals surface area contributed by atoms with Gasteiger partial charge in [-0.05, 0) is 24.7 Å². The van der Waals surface area contributed by atoms with E-state index in [0.29, 0.717) is 12.8 Å². The lowest BCUT2D eigenvalue weighted by Gasteiger charge is -2.28. The molecule has 0 aliphatic rings. The lowest BCUT2D eigenvalue weighted by atomic mass is 10.0. The van der Waals surface area contributed by atoms with E-state index < -0.39 is 49.6 Å². The van der Waals surface area contributed by atoms with Gasteiger partial charge in [0.2, 0.25) is 0 Å². The molecular weight excluding hydrogens is 632 g/mol. The first-order valence-corrected chi connectivity index (χ1v) is 21.1. The van der Waals surface area contributed by atoms with E-state index in [0.717, 1.165) is 50.4 Å². The summed E-state index contributed by atoms with van der Waals surface area (Å²) < 4.78 is 10.7. The molecule has 0 aliphatic heterocycles. The second-order valence-electron chi connectivity index (χ2n) is 15.8. The Kier molecular flexibility index (Phi) is 34.0. The molecule has 8 nitrogen and oxygen atoms in total. The predicted octanol–water partition coefficient (Wildman–Crippen LogP) is 9.75. The molecule has 0 radical (unpaired) electrons. The van der Waals surface area contributed by atoms with E-state index in [1.165, 1.54) is 116 Å². The summed E-state index contributed by atoms with van der Waals surface area (Å²) in [6, 6.07) is 0. The van der Waals surface area contributed by atoms with Crippen LogP contribution in [0.1, 0.15) is 207 Å². The predicted molar refractivity (Wildman–Crippen MR) is 205 cm³/mol. The Bertz CT molecular complexity index is 758. The Balaban J connectivity index is 4.12. The fourth-order valence-electron chi connectivity index (χ4n) is 6.41. The molecule has 0 saturated heterocycles. The van der Waals surface area contributed by atoms with Gasteiger partial charge >= 0.3 is 11.9 Å². The number of hydrogen-bond acceptors (Lipinski definition) is 8. The molecule has 0 aromatic heterocycles. The van der Waals surface area contributed by atoms with Crippen molar-refractivity contribution >= 4 is 11.9 Å². The highest BCUT2D eigenvalue weighted by Gasteiger charge is 2.34. The van der Waals surface area contributed by atoms with Crippen molar-refractivity contribution in [3.05, 3.63) is 0 Å². The molecule has 0 aromatic carbocycles. The van der Waals surface area contributed by atoms with E-state index in [4.69, 9.17) is 9.47 Å². The minimum atomic E-state index is -1.75. The van der Waals surface area contributed by atoms with Crippen LogP contribution in [0.2, 0.25) is 0 Å². The zero-order valence-electron chi connectivity index (χ0n) is 33.1. The number of rotatable bonds is 37. The molecule has 0 fully saturated rings. The Morgan fingerprint density at radius 2 is 0.780 bits per heavy atom. The van der Waals surface area contributed by atoms with Crippen LogP contribution >= 0.6 is 0 Å². The standard InChI is InChI=1S/C42H82O8/c1-35(2)29-25-21-17-13-9-5-7-11-15-19-23-27-31-39(45)49-34-38(42(48)41(47)37(44)33-43)50-40(46)32-28-24-20-16-12-8-6-10-14-18-22-26-30-36(3)4/h35-38,41-44,47-48H,5-34H2,1-4H3/t37-,38+,41-,42-/m1/s1. The van der Waals surface area contributed by atoms with Crippen LogP contribution in [0.25, 0.3) is 0 Å². The maximum Gasteiger partial charge on any atom is 0.306 e. The Labute approximate surface area is 307 Å². The molecule has 0 spiro atoms. The lowest BCUT2D eigenvalue weighted by Crippen LogP contribution is -2.49. The molecule has 8 heteroatoms. The zero-order chi connectivity index (χ0) is 37.2. The monoisotopic (exact) mass is 715 g/mol. The van der Waals surface area contributed by atoms with Gasteiger partial charge in [0.05, 0.1) is 6.61 Å². The number of carbonyl (C=O) groups is 2. The molecule has 0 saturated carbocycles. The van der Waals surface area contributed by atoms with Crippen LogP contribution in [0, 0.1) is 11.8 Å². The first-order valence-electron chi connectivity index (χ1n) is 21.1. The van der Waals surface area contributed by atoms with E-state index in [-0.39, 0.29) is 12.8 Å². The molecule has 0 aromatic rings. The largest absolute Gasteiger partial charge is 0.462 e. The Morgan fingerprint density at radius 3 is 1.12 bits per heavy atom. The van der Waals surface area contributed by atoms with Crippen LogP contribution in [-0.4, -0.2) is 70.0 Å². The van der Waals surface area contributed by atoms with Gasteiger partial charge in [-0.15, -0.1) is 0 Å². The second-order valence-corrected chi connectivity index (χ2v) is 15.8. The average molecular weight is 715 g/mol. The maximum atomic E-state index is 12.6. The van der Waals surface area contributed by atoms with E-state index in [1.54, 1.807) is 0 Å². The van der Waals surface area contributed by atoms with Crippen molar-refractivity contribution in [1.82, 2.24) is 0 Å². The van der Waals surface area contributed by atoms with Gasteiger partial charge in [0.15, 0.2) is 6.10 Å². The van der Waals surface area contributed by atoms with Crippen LogP contribution in [0.4, 0.5) is 0 Å². The van der Waals surface area contributed by atoms with Crippen molar-refractivity contribution in [2.45, 2.75) is 232 Å². The normalized spacial score (nSPS) is 14.2. The van der Waals surface area contributed by atoms with Crippen LogP contribution in [0.3, 0.4) is 0 Å². The van der Waals surface area contributed by atoms with Crippen molar-refractivity contribution in [2.75, 3.05) is 13.2 Å². The minimum absolute atomic E-state index is 0.158. The van der Waals surface area contributed by atoms with E-state index in [1.807, 2.05) is 0 Å². The molecule has 298 valence electrons. The summed E-state index contributed by atoms with van der Waals surface area (Å²) in [5.74, 6) is 0.623. The van der Waals surface area contributed by atoms with Crippen molar-refractivity contribution in [3.8, 4) is 0 Å². The topological polar surface area (TPSA) is 134 Å². The van der Waals surface area contributed by atoms with Gasteiger partial charge < -0.3 is 29.9 Å². The Morgan fingerprint density at radius 1 is 0.460 bits per heavy atom. The maximum absolute atomic E-state index is 12.6. The minimum Gasteiger partial charge on any atom is -0.462 e. The highest BCUT2D eigenvalue weighted by Crippen LogP contribution is 2.17. The van der Waals surface area contributed by atoms with Gasteiger partial charge in [0.25, 0.3) is 0 Å². The van der Waals surface area contributed by atoms with Gasteiger partial charge in [-0.25, -0.2) is 0 Å². The number of ether oxygens (including phenoxy) is 2. The molecule has 4 N–H and O–H groups in total. The van der Waals surface area contributed by atoms with Gasteiger partial charge in [0.1, 0.15) is 24.9 Å². The zero-order valence-corrected chi connectivity index (χ0v) is 33.1. The van der Waals surface area contributed by atoms with Crippen LogP contribution < -0.4 is 0 Å². The van der Waals surface area contributed by atoms with Crippen LogP contribution in [0.15, 0.2) is 0 Å². The van der Waals surface area contributed by atoms with Crippen molar-refractivity contribution in [1.29, 1.82) is 0 Å². The van der Waals surface area contributed by atoms with Gasteiger partial charge in [-0.1, -0.05) is 182 Å². The lowest BCUT2D eigenvalue weighted by molar-refractivity contribution is -0.178. The highest BCUT2D eigenvalue weighted by molar-refractivity contribution is 5.70. The number of aliphatic hydroxyl groups is 4. The van der Waals surface area contributed by atoms with E-state index in [9.17, 15) is 30.0 Å². The summed E-state index contributed by atoms with van der Waals surface area (Å²) in [4.78, 5) is 24.9. The third kappa shape index (κ3) is 31.5. The number of carbonyl (C=O) groups excluding carboxylic acids is 2. The van der Waals surface area contributed by atoms with Gasteiger partial charge in [0, 0.05) is 12.8 Å². The first-order chi connectivity index (χ1) is 24.1. The first kappa shape index (κ1) is 48.8. The molecular formula is C42H82O8. The summed E-state index contributed by atoms with van der Waals surface area (Å²) >= 11 is 0. The smallest absolute Gasteiger partial charge is 0.306 e. The summed E-state index contributed by atoms with van der Waals surface area (Å²) in [5.41, 5.74) is 0. The van der Waals surface area contributed by atoms with Crippen LogP contribution in [-0.2, 0) is 19.1 Å². The van der Waals surface area contributed by atoms with Crippen molar-refractivity contribution < 1.29 is 39.5 Å². The molecule has 0 heterocycles. The fourth-order valence-corrected chi connectivity index (χ4v) is 6.41. The summed E-state index contributed by atoms with van der Waals surface area (Å²) in [7, 11) is 0. The number of esters is 2. The summed E-state index contributed by atoms with van der Waals surface area (Å²) in [6.07, 6.45) is 25.3. The third-order valence-electron chi connectivity index (χ3n) is 9.83. The van der Waals surface area contributed by atoms with E-state index in [2.05, 4.69) is 27.7 Å². The molecule has 0 aliphatic carbocycles. The van der Waals surface area contributed by atoms with Gasteiger partial charge in [-0.3, -0.25) is 9.59 Å². The second kappa shape index (κ2) is 34.8. The Hall–Kier alpha value is -1.22. The average Bonchev–Trinajstić information content (AvgIpc) is 3.08. The SMILES string of the molecule is CC(C)CCCCCCCCCCCCCCC(=O)OC[C@H](OC(=O)CCCCCCCCCCCCCCC(C)C)[C@@H](O)[C@H](O)[C@H](O)CO. The van der Waals surface area contributed by atoms with Gasteiger partial charge in [-0.2, -0.15) is 0 Å². The summed E-state index contributed by atoms with van der Waals surface area (Å²) in [6.45, 7) is 7.97. The van der Waals surface area contributed by atoms with Crippen molar-refractivity contribution in [3.63, 3.8) is 0 Å². The molecule has 0 bridgehead atoms. The molecule has 0 amide bonds. The third-order valence-corrected chi connectivity index (χ3v) is 9.83. The number of unbranched alkanes of at least 4 members (excludes halogenated alkanes) is 22. The summed E-state index contributed by atoms with van der Waals surface area (Å²) in [5, 5.41) is 39.8. The quantitative estimate of drug-likeness (QED) is 0.0369. The number of hydrogen-bond donors (Lipinski definition) is 4. The number of aliphatic hydroxyl groups excluding tert-OH is 4. The van der Waals surface area contributed by atoms with E-state index >= 15 is 0 Å². The fraction of sp³-hybridized carbons (Fsp3) is 0.952. The molecule has 50 heavy (non-hydrogen) atoms. The molecule has 0 unspecified atom stereocenters.